The van der Waals surface area contributed by atoms with Crippen molar-refractivity contribution in [3.63, 3.8) is 0 Å². The fraction of sp³-hybridized carbons (Fsp3) is 0.429. The third kappa shape index (κ3) is 7.94. The van der Waals surface area contributed by atoms with Crippen molar-refractivity contribution in [3.8, 4) is 12.1 Å². The first-order valence-corrected chi connectivity index (χ1v) is 9.03. The van der Waals surface area contributed by atoms with Gasteiger partial charge in [0.15, 0.2) is 5.57 Å². The van der Waals surface area contributed by atoms with Gasteiger partial charge in [0.1, 0.15) is 23.8 Å². The molecule has 2 N–H and O–H groups in total. The Morgan fingerprint density at radius 1 is 1.10 bits per heavy atom. The molecule has 29 heavy (non-hydrogen) atoms. The number of nitrogens with zero attached hydrogens (tertiary/aromatic N) is 2. The van der Waals surface area contributed by atoms with E-state index >= 15 is 0 Å². The molecule has 1 aromatic rings. The van der Waals surface area contributed by atoms with Gasteiger partial charge >= 0.3 is 12.1 Å². The molecular weight excluding hydrogens is 372 g/mol. The number of ether oxygens (including phenoxy) is 2. The topological polar surface area (TPSA) is 124 Å². The molecule has 0 saturated heterocycles. The third-order valence-corrected chi connectivity index (χ3v) is 3.74. The minimum Gasteiger partial charge on any atom is -0.467 e. The Balaban J connectivity index is 3.33. The molecular formula is C21H26N4O4. The van der Waals surface area contributed by atoms with Crippen LogP contribution in [-0.2, 0) is 20.7 Å². The highest BCUT2D eigenvalue weighted by Crippen LogP contribution is 2.15. The van der Waals surface area contributed by atoms with Gasteiger partial charge in [0.2, 0.25) is 0 Å². The van der Waals surface area contributed by atoms with E-state index in [1.165, 1.54) is 14.0 Å². The summed E-state index contributed by atoms with van der Waals surface area (Å²) in [7, 11) is 1.24. The van der Waals surface area contributed by atoms with Crippen LogP contribution in [0.3, 0.4) is 0 Å². The summed E-state index contributed by atoms with van der Waals surface area (Å²) in [5, 5.41) is 24.4. The zero-order valence-corrected chi connectivity index (χ0v) is 17.3. The molecule has 0 aliphatic rings. The van der Waals surface area contributed by atoms with Gasteiger partial charge in [-0.2, -0.15) is 10.5 Å². The predicted molar refractivity (Wildman–Crippen MR) is 106 cm³/mol. The van der Waals surface area contributed by atoms with E-state index in [1.807, 2.05) is 42.5 Å². The van der Waals surface area contributed by atoms with E-state index in [0.717, 1.165) is 5.56 Å². The molecule has 0 saturated carbocycles. The van der Waals surface area contributed by atoms with Crippen molar-refractivity contribution in [1.29, 1.82) is 10.5 Å². The molecule has 0 bridgehead atoms. The molecule has 0 radical (unpaired) electrons. The van der Waals surface area contributed by atoms with Crippen molar-refractivity contribution in [1.82, 2.24) is 10.6 Å². The smallest absolute Gasteiger partial charge is 0.408 e. The van der Waals surface area contributed by atoms with Gasteiger partial charge in [-0.15, -0.1) is 0 Å². The molecule has 1 amide bonds. The second-order valence-electron chi connectivity index (χ2n) is 7.29. The molecule has 8 heteroatoms. The van der Waals surface area contributed by atoms with Crippen LogP contribution in [0.25, 0.3) is 0 Å². The molecule has 1 rings (SSSR count). The molecule has 0 unspecified atom stereocenters. The van der Waals surface area contributed by atoms with Gasteiger partial charge in [-0.1, -0.05) is 30.3 Å². The van der Waals surface area contributed by atoms with E-state index in [2.05, 4.69) is 10.6 Å². The predicted octanol–water partition coefficient (Wildman–Crippen LogP) is 2.57. The maximum absolute atomic E-state index is 12.4. The fourth-order valence-electron chi connectivity index (χ4n) is 2.49. The third-order valence-electron chi connectivity index (χ3n) is 3.74. The van der Waals surface area contributed by atoms with Crippen molar-refractivity contribution in [3.05, 3.63) is 47.2 Å². The van der Waals surface area contributed by atoms with Crippen LogP contribution in [0.5, 0.6) is 0 Å². The second kappa shape index (κ2) is 10.7. The van der Waals surface area contributed by atoms with Crippen LogP contribution in [0.1, 0.15) is 33.3 Å². The Morgan fingerprint density at radius 3 is 2.17 bits per heavy atom. The number of carbonyl (C=O) groups is 2. The highest BCUT2D eigenvalue weighted by Gasteiger charge is 2.27. The molecule has 154 valence electrons. The molecule has 0 spiro atoms. The summed E-state index contributed by atoms with van der Waals surface area (Å²) < 4.78 is 10.0. The van der Waals surface area contributed by atoms with Gasteiger partial charge in [-0.3, -0.25) is 0 Å². The summed E-state index contributed by atoms with van der Waals surface area (Å²) in [5.74, 6) is -0.576. The lowest BCUT2D eigenvalue weighted by atomic mass is 9.99. The summed E-state index contributed by atoms with van der Waals surface area (Å²) in [6, 6.07) is 11.2. The number of carbonyl (C=O) groups excluding carboxylic acids is 2. The lowest BCUT2D eigenvalue weighted by Crippen LogP contribution is -2.47. The van der Waals surface area contributed by atoms with Crippen molar-refractivity contribution in [2.75, 3.05) is 7.11 Å². The molecule has 2 atom stereocenters. The summed E-state index contributed by atoms with van der Waals surface area (Å²) in [5.41, 5.74) is -0.0141. The molecule has 0 fully saturated rings. The number of hydrogen-bond acceptors (Lipinski definition) is 7. The molecule has 8 nitrogen and oxygen atoms in total. The maximum Gasteiger partial charge on any atom is 0.408 e. The van der Waals surface area contributed by atoms with Crippen LogP contribution in [0.15, 0.2) is 41.6 Å². The van der Waals surface area contributed by atoms with Gasteiger partial charge < -0.3 is 20.1 Å². The normalized spacial score (nSPS) is 12.4. The number of benzene rings is 1. The van der Waals surface area contributed by atoms with Crippen molar-refractivity contribution in [2.24, 2.45) is 0 Å². The van der Waals surface area contributed by atoms with Gasteiger partial charge in [0, 0.05) is 0 Å². The highest BCUT2D eigenvalue weighted by atomic mass is 16.6. The van der Waals surface area contributed by atoms with Crippen LogP contribution in [-0.4, -0.2) is 36.9 Å². The first-order chi connectivity index (χ1) is 13.6. The van der Waals surface area contributed by atoms with Crippen LogP contribution in [0.2, 0.25) is 0 Å². The number of allylic oxidation sites excluding steroid dienone is 1. The van der Waals surface area contributed by atoms with Gasteiger partial charge in [0.25, 0.3) is 0 Å². The minimum absolute atomic E-state index is 0.114. The highest BCUT2D eigenvalue weighted by molar-refractivity contribution is 5.75. The van der Waals surface area contributed by atoms with Gasteiger partial charge in [0.05, 0.1) is 18.8 Å². The Bertz CT molecular complexity index is 813. The quantitative estimate of drug-likeness (QED) is 0.534. The lowest BCUT2D eigenvalue weighted by Gasteiger charge is -2.27. The van der Waals surface area contributed by atoms with Crippen LogP contribution < -0.4 is 10.6 Å². The molecule has 1 aromatic carbocycles. The average Bonchev–Trinajstić information content (AvgIpc) is 2.66. The Kier molecular flexibility index (Phi) is 8.69. The maximum atomic E-state index is 12.4. The number of rotatable bonds is 7. The zero-order chi connectivity index (χ0) is 22.0. The van der Waals surface area contributed by atoms with Crippen LogP contribution in [0, 0.1) is 22.7 Å². The average molecular weight is 398 g/mol. The number of esters is 1. The number of alkyl carbamates (subject to hydrolysis) is 1. The number of hydrogen-bond donors (Lipinski definition) is 2. The standard InChI is InChI=1S/C21H26N4O4/c1-14(19(26)28-5)24-18(16(12-22)13-23)17(11-15-9-7-6-8-10-15)25-20(27)29-21(2,3)4/h6-10,14,17,24H,11H2,1-5H3,(H,25,27)/t14-,17+/m1/s1. The SMILES string of the molecule is COC(=O)[C@@H](C)NC(=C(C#N)C#N)[C@H](Cc1ccccc1)NC(=O)OC(C)(C)C. The van der Waals surface area contributed by atoms with Crippen molar-refractivity contribution < 1.29 is 19.1 Å². The Labute approximate surface area is 171 Å². The van der Waals surface area contributed by atoms with Gasteiger partial charge in [-0.25, -0.2) is 9.59 Å². The molecule has 0 aromatic heterocycles. The zero-order valence-electron chi connectivity index (χ0n) is 17.3. The number of nitrogens with one attached hydrogen (secondary N) is 2. The monoisotopic (exact) mass is 398 g/mol. The number of methoxy groups -OCH3 is 1. The number of nitriles is 2. The van der Waals surface area contributed by atoms with E-state index in [9.17, 15) is 20.1 Å². The van der Waals surface area contributed by atoms with E-state index in [0.29, 0.717) is 0 Å². The Hall–Kier alpha value is -3.52. The summed E-state index contributed by atoms with van der Waals surface area (Å²) in [6.07, 6.45) is -0.443. The summed E-state index contributed by atoms with van der Waals surface area (Å²) in [6.45, 7) is 6.71. The largest absolute Gasteiger partial charge is 0.467 e. The minimum atomic E-state index is -0.842. The van der Waals surface area contributed by atoms with E-state index in [4.69, 9.17) is 9.47 Å². The fourth-order valence-corrected chi connectivity index (χ4v) is 2.49. The summed E-state index contributed by atoms with van der Waals surface area (Å²) >= 11 is 0. The van der Waals surface area contributed by atoms with Crippen molar-refractivity contribution in [2.45, 2.75) is 51.8 Å². The van der Waals surface area contributed by atoms with E-state index < -0.39 is 29.7 Å². The van der Waals surface area contributed by atoms with Crippen LogP contribution in [0.4, 0.5) is 4.79 Å². The van der Waals surface area contributed by atoms with Crippen LogP contribution >= 0.6 is 0 Å². The van der Waals surface area contributed by atoms with Crippen molar-refractivity contribution >= 4 is 12.1 Å². The first-order valence-electron chi connectivity index (χ1n) is 9.03. The number of amides is 1. The lowest BCUT2D eigenvalue weighted by molar-refractivity contribution is -0.142. The molecule has 0 heterocycles. The Morgan fingerprint density at radius 2 is 1.69 bits per heavy atom. The first kappa shape index (κ1) is 23.5. The molecule has 0 aliphatic heterocycles. The van der Waals surface area contributed by atoms with E-state index in [-0.39, 0.29) is 17.7 Å². The molecule has 0 aliphatic carbocycles. The second-order valence-corrected chi connectivity index (χ2v) is 7.29. The van der Waals surface area contributed by atoms with E-state index in [1.54, 1.807) is 20.8 Å². The summed E-state index contributed by atoms with van der Waals surface area (Å²) in [4.78, 5) is 24.2. The van der Waals surface area contributed by atoms with Gasteiger partial charge in [-0.05, 0) is 39.7 Å².